The molecule has 2 aliphatic rings. The van der Waals surface area contributed by atoms with E-state index in [4.69, 9.17) is 0 Å². The number of benzene rings is 1. The van der Waals surface area contributed by atoms with Gasteiger partial charge in [-0.1, -0.05) is 12.1 Å². The van der Waals surface area contributed by atoms with E-state index < -0.39 is 0 Å². The van der Waals surface area contributed by atoms with Crippen molar-refractivity contribution in [3.63, 3.8) is 0 Å². The molecule has 1 fully saturated rings. The zero-order valence-electron chi connectivity index (χ0n) is 10.2. The lowest BCUT2D eigenvalue weighted by Gasteiger charge is -2.21. The third-order valence-corrected chi connectivity index (χ3v) is 4.17. The largest absolute Gasteiger partial charge is 0.310 e. The normalized spacial score (nSPS) is 24.4. The maximum Gasteiger partial charge on any atom is 0.0320 e. The first-order chi connectivity index (χ1) is 7.84. The standard InChI is InChI=1S/C15H21N/c1-11-9-13(15-7-4-8-16-15)10-12-5-2-3-6-14(11)12/h9-10,15-16H,2-8H2,1H3/t15-/m1/s1. The molecule has 1 aromatic carbocycles. The van der Waals surface area contributed by atoms with Gasteiger partial charge in [-0.3, -0.25) is 0 Å². The Labute approximate surface area is 98.3 Å². The van der Waals surface area contributed by atoms with E-state index in [9.17, 15) is 0 Å². The van der Waals surface area contributed by atoms with Gasteiger partial charge in [0.1, 0.15) is 0 Å². The average molecular weight is 215 g/mol. The molecule has 0 aromatic heterocycles. The van der Waals surface area contributed by atoms with E-state index >= 15 is 0 Å². The quantitative estimate of drug-likeness (QED) is 0.758. The number of rotatable bonds is 1. The summed E-state index contributed by atoms with van der Waals surface area (Å²) >= 11 is 0. The Hall–Kier alpha value is -0.820. The molecule has 1 N–H and O–H groups in total. The topological polar surface area (TPSA) is 12.0 Å². The minimum atomic E-state index is 0.630. The van der Waals surface area contributed by atoms with Gasteiger partial charge in [0.15, 0.2) is 0 Å². The van der Waals surface area contributed by atoms with Crippen LogP contribution in [0.1, 0.15) is 54.0 Å². The minimum Gasteiger partial charge on any atom is -0.310 e. The Bertz CT molecular complexity index is 389. The van der Waals surface area contributed by atoms with Crippen molar-refractivity contribution in [1.82, 2.24) is 5.32 Å². The fraction of sp³-hybridized carbons (Fsp3) is 0.600. The molecule has 0 saturated carbocycles. The van der Waals surface area contributed by atoms with Crippen molar-refractivity contribution < 1.29 is 0 Å². The van der Waals surface area contributed by atoms with Crippen LogP contribution in [0.25, 0.3) is 0 Å². The van der Waals surface area contributed by atoms with E-state index in [0.717, 1.165) is 0 Å². The van der Waals surface area contributed by atoms with Crippen LogP contribution in [0.4, 0.5) is 0 Å². The fourth-order valence-electron chi connectivity index (χ4n) is 3.29. The van der Waals surface area contributed by atoms with Crippen LogP contribution < -0.4 is 5.32 Å². The molecule has 1 nitrogen and oxygen atoms in total. The highest BCUT2D eigenvalue weighted by Crippen LogP contribution is 2.30. The second kappa shape index (κ2) is 4.21. The number of hydrogen-bond donors (Lipinski definition) is 1. The van der Waals surface area contributed by atoms with Crippen molar-refractivity contribution >= 4 is 0 Å². The maximum atomic E-state index is 3.61. The van der Waals surface area contributed by atoms with Gasteiger partial charge in [-0.15, -0.1) is 0 Å². The Morgan fingerprint density at radius 3 is 2.81 bits per heavy atom. The van der Waals surface area contributed by atoms with Gasteiger partial charge in [-0.05, 0) is 74.2 Å². The van der Waals surface area contributed by atoms with E-state index in [2.05, 4.69) is 24.4 Å². The molecular weight excluding hydrogens is 194 g/mol. The predicted molar refractivity (Wildman–Crippen MR) is 67.8 cm³/mol. The molecule has 86 valence electrons. The summed E-state index contributed by atoms with van der Waals surface area (Å²) in [7, 11) is 0. The van der Waals surface area contributed by atoms with Gasteiger partial charge in [-0.2, -0.15) is 0 Å². The molecule has 0 radical (unpaired) electrons. The van der Waals surface area contributed by atoms with Crippen LogP contribution in [0.3, 0.4) is 0 Å². The van der Waals surface area contributed by atoms with Gasteiger partial charge < -0.3 is 5.32 Å². The third-order valence-electron chi connectivity index (χ3n) is 4.17. The van der Waals surface area contributed by atoms with E-state index in [1.54, 1.807) is 11.1 Å². The molecule has 1 aliphatic carbocycles. The van der Waals surface area contributed by atoms with E-state index in [0.29, 0.717) is 6.04 Å². The lowest BCUT2D eigenvalue weighted by molar-refractivity contribution is 0.637. The first-order valence-corrected chi connectivity index (χ1v) is 6.70. The summed E-state index contributed by atoms with van der Waals surface area (Å²) in [5.74, 6) is 0. The molecule has 1 heterocycles. The number of aryl methyl sites for hydroxylation is 2. The molecule has 1 atom stereocenters. The van der Waals surface area contributed by atoms with Crippen molar-refractivity contribution in [3.8, 4) is 0 Å². The van der Waals surface area contributed by atoms with Crippen molar-refractivity contribution in [2.45, 2.75) is 51.5 Å². The molecular formula is C15H21N. The van der Waals surface area contributed by atoms with E-state index in [1.807, 2.05) is 0 Å². The summed E-state index contributed by atoms with van der Waals surface area (Å²) < 4.78 is 0. The Kier molecular flexibility index (Phi) is 2.72. The van der Waals surface area contributed by atoms with Crippen LogP contribution in [0.15, 0.2) is 12.1 Å². The Morgan fingerprint density at radius 2 is 2.00 bits per heavy atom. The summed E-state index contributed by atoms with van der Waals surface area (Å²) in [5, 5.41) is 3.61. The maximum absolute atomic E-state index is 3.61. The predicted octanol–water partition coefficient (Wildman–Crippen LogP) is 3.30. The summed E-state index contributed by atoms with van der Waals surface area (Å²) in [6, 6.07) is 5.53. The average Bonchev–Trinajstić information content (AvgIpc) is 2.82. The highest BCUT2D eigenvalue weighted by atomic mass is 14.9. The smallest absolute Gasteiger partial charge is 0.0320 e. The van der Waals surface area contributed by atoms with Crippen LogP contribution in [0.2, 0.25) is 0 Å². The Morgan fingerprint density at radius 1 is 1.12 bits per heavy atom. The zero-order valence-corrected chi connectivity index (χ0v) is 10.2. The van der Waals surface area contributed by atoms with Crippen LogP contribution in [0.5, 0.6) is 0 Å². The van der Waals surface area contributed by atoms with Crippen molar-refractivity contribution in [3.05, 3.63) is 34.4 Å². The fourth-order valence-corrected chi connectivity index (χ4v) is 3.29. The summed E-state index contributed by atoms with van der Waals surface area (Å²) in [6.07, 6.45) is 8.03. The molecule has 3 rings (SSSR count). The molecule has 0 spiro atoms. The van der Waals surface area contributed by atoms with Gasteiger partial charge >= 0.3 is 0 Å². The first-order valence-electron chi connectivity index (χ1n) is 6.70. The number of nitrogens with one attached hydrogen (secondary N) is 1. The molecule has 16 heavy (non-hydrogen) atoms. The Balaban J connectivity index is 1.97. The molecule has 0 unspecified atom stereocenters. The first kappa shape index (κ1) is 10.3. The van der Waals surface area contributed by atoms with Gasteiger partial charge in [0.2, 0.25) is 0 Å². The molecule has 0 amide bonds. The molecule has 0 bridgehead atoms. The highest BCUT2D eigenvalue weighted by molar-refractivity contribution is 5.41. The van der Waals surface area contributed by atoms with Gasteiger partial charge in [0, 0.05) is 6.04 Å². The summed E-state index contributed by atoms with van der Waals surface area (Å²) in [6.45, 7) is 3.49. The van der Waals surface area contributed by atoms with Crippen molar-refractivity contribution in [2.24, 2.45) is 0 Å². The highest BCUT2D eigenvalue weighted by Gasteiger charge is 2.19. The van der Waals surface area contributed by atoms with Crippen LogP contribution >= 0.6 is 0 Å². The molecule has 1 aliphatic heterocycles. The van der Waals surface area contributed by atoms with E-state index in [-0.39, 0.29) is 0 Å². The van der Waals surface area contributed by atoms with E-state index in [1.165, 1.54) is 56.2 Å². The summed E-state index contributed by atoms with van der Waals surface area (Å²) in [5.41, 5.74) is 6.35. The number of fused-ring (bicyclic) bond motifs is 1. The SMILES string of the molecule is Cc1cc([C@H]2CCCN2)cc2c1CCCC2. The van der Waals surface area contributed by atoms with Crippen molar-refractivity contribution in [1.29, 1.82) is 0 Å². The second-order valence-electron chi connectivity index (χ2n) is 5.33. The monoisotopic (exact) mass is 215 g/mol. The minimum absolute atomic E-state index is 0.630. The van der Waals surface area contributed by atoms with Crippen molar-refractivity contribution in [2.75, 3.05) is 6.54 Å². The zero-order chi connectivity index (χ0) is 11.0. The molecule has 1 heteroatoms. The summed E-state index contributed by atoms with van der Waals surface area (Å²) in [4.78, 5) is 0. The third kappa shape index (κ3) is 1.78. The van der Waals surface area contributed by atoms with Crippen LogP contribution in [-0.4, -0.2) is 6.54 Å². The van der Waals surface area contributed by atoms with Crippen LogP contribution in [0, 0.1) is 6.92 Å². The van der Waals surface area contributed by atoms with Crippen LogP contribution in [-0.2, 0) is 12.8 Å². The van der Waals surface area contributed by atoms with Gasteiger partial charge in [0.05, 0.1) is 0 Å². The number of hydrogen-bond acceptors (Lipinski definition) is 1. The molecule has 1 aromatic rings. The molecule has 1 saturated heterocycles. The lowest BCUT2D eigenvalue weighted by atomic mass is 9.86. The second-order valence-corrected chi connectivity index (χ2v) is 5.33. The van der Waals surface area contributed by atoms with Gasteiger partial charge in [-0.25, -0.2) is 0 Å². The van der Waals surface area contributed by atoms with Gasteiger partial charge in [0.25, 0.3) is 0 Å². The lowest BCUT2D eigenvalue weighted by Crippen LogP contribution is -2.15.